The minimum atomic E-state index is -0.262. The lowest BCUT2D eigenvalue weighted by molar-refractivity contribution is -0.00233. The largest absolute Gasteiger partial charge is 0.361 e. The molecule has 0 spiro atoms. The summed E-state index contributed by atoms with van der Waals surface area (Å²) in [6.07, 6.45) is -0.262. The van der Waals surface area contributed by atoms with Crippen molar-refractivity contribution in [3.05, 3.63) is 20.8 Å². The van der Waals surface area contributed by atoms with Gasteiger partial charge in [-0.3, -0.25) is 4.90 Å². The monoisotopic (exact) mass is 286 g/mol. The lowest BCUT2D eigenvalue weighted by atomic mass is 10.3. The summed E-state index contributed by atoms with van der Waals surface area (Å²) in [6.45, 7) is 3.20. The maximum absolute atomic E-state index is 8.77. The molecule has 80 valence electrons. The van der Waals surface area contributed by atoms with Crippen molar-refractivity contribution in [1.82, 2.24) is 4.90 Å². The van der Waals surface area contributed by atoms with Crippen molar-refractivity contribution >= 4 is 27.3 Å². The van der Waals surface area contributed by atoms with E-state index >= 15 is 0 Å². The Morgan fingerprint density at radius 1 is 1.73 bits per heavy atom. The summed E-state index contributed by atoms with van der Waals surface area (Å²) in [7, 11) is 0. The zero-order valence-electron chi connectivity index (χ0n) is 8.15. The summed E-state index contributed by atoms with van der Waals surface area (Å²) in [6, 6.07) is 4.28. The number of nitrogens with zero attached hydrogens (tertiary/aromatic N) is 2. The third-order valence-corrected chi connectivity index (χ3v) is 3.98. The highest BCUT2D eigenvalue weighted by molar-refractivity contribution is 9.10. The standard InChI is InChI=1S/C10H11BrN2OS/c11-8-3-10(15-7-8)6-13-1-2-14-9(4-12)5-13/h3,7,9H,1-2,5-6H2. The maximum atomic E-state index is 8.77. The maximum Gasteiger partial charge on any atom is 0.156 e. The van der Waals surface area contributed by atoms with Gasteiger partial charge in [0.2, 0.25) is 0 Å². The molecular weight excluding hydrogens is 276 g/mol. The number of hydrogen-bond donors (Lipinski definition) is 0. The molecule has 0 radical (unpaired) electrons. The normalized spacial score (nSPS) is 22.5. The molecule has 1 aromatic heterocycles. The summed E-state index contributed by atoms with van der Waals surface area (Å²) in [5, 5.41) is 10.9. The Hall–Kier alpha value is -0.410. The average Bonchev–Trinajstić information content (AvgIpc) is 2.64. The van der Waals surface area contributed by atoms with E-state index in [-0.39, 0.29) is 6.10 Å². The van der Waals surface area contributed by atoms with Crippen LogP contribution in [0.25, 0.3) is 0 Å². The van der Waals surface area contributed by atoms with E-state index in [1.165, 1.54) is 4.88 Å². The highest BCUT2D eigenvalue weighted by Crippen LogP contribution is 2.21. The van der Waals surface area contributed by atoms with Crippen molar-refractivity contribution in [1.29, 1.82) is 5.26 Å². The Morgan fingerprint density at radius 2 is 2.60 bits per heavy atom. The molecule has 1 fully saturated rings. The number of thiophene rings is 1. The molecule has 0 N–H and O–H groups in total. The van der Waals surface area contributed by atoms with Gasteiger partial charge in [0.1, 0.15) is 0 Å². The van der Waals surface area contributed by atoms with Crippen molar-refractivity contribution in [2.75, 3.05) is 19.7 Å². The van der Waals surface area contributed by atoms with Crippen LogP contribution in [0.3, 0.4) is 0 Å². The first-order valence-electron chi connectivity index (χ1n) is 4.74. The highest BCUT2D eigenvalue weighted by atomic mass is 79.9. The zero-order valence-corrected chi connectivity index (χ0v) is 10.6. The predicted molar refractivity (Wildman–Crippen MR) is 62.6 cm³/mol. The fourth-order valence-corrected chi connectivity index (χ4v) is 3.07. The first-order valence-corrected chi connectivity index (χ1v) is 6.41. The summed E-state index contributed by atoms with van der Waals surface area (Å²) in [5.74, 6) is 0. The lowest BCUT2D eigenvalue weighted by Gasteiger charge is -2.29. The molecule has 3 nitrogen and oxygen atoms in total. The molecule has 0 aliphatic carbocycles. The summed E-state index contributed by atoms with van der Waals surface area (Å²) >= 11 is 5.18. The van der Waals surface area contributed by atoms with Crippen LogP contribution >= 0.6 is 27.3 Å². The van der Waals surface area contributed by atoms with Gasteiger partial charge < -0.3 is 4.74 Å². The third-order valence-electron chi connectivity index (χ3n) is 2.30. The van der Waals surface area contributed by atoms with Gasteiger partial charge in [-0.15, -0.1) is 11.3 Å². The van der Waals surface area contributed by atoms with Crippen LogP contribution in [-0.4, -0.2) is 30.7 Å². The van der Waals surface area contributed by atoms with Crippen LogP contribution in [0.5, 0.6) is 0 Å². The van der Waals surface area contributed by atoms with Gasteiger partial charge in [-0.25, -0.2) is 0 Å². The molecule has 15 heavy (non-hydrogen) atoms. The van der Waals surface area contributed by atoms with Gasteiger partial charge in [-0.2, -0.15) is 5.26 Å². The van der Waals surface area contributed by atoms with Crippen LogP contribution in [0.4, 0.5) is 0 Å². The molecule has 1 aromatic rings. The first kappa shape index (κ1) is 11.1. The van der Waals surface area contributed by atoms with E-state index in [1.807, 2.05) is 0 Å². The van der Waals surface area contributed by atoms with Crippen LogP contribution in [0.2, 0.25) is 0 Å². The predicted octanol–water partition coefficient (Wildman–Crippen LogP) is 2.23. The van der Waals surface area contributed by atoms with Gasteiger partial charge in [0.15, 0.2) is 6.10 Å². The van der Waals surface area contributed by atoms with E-state index in [0.717, 1.165) is 17.6 Å². The van der Waals surface area contributed by atoms with E-state index < -0.39 is 0 Å². The van der Waals surface area contributed by atoms with Crippen LogP contribution in [0.1, 0.15) is 4.88 Å². The van der Waals surface area contributed by atoms with Crippen molar-refractivity contribution in [2.45, 2.75) is 12.6 Å². The van der Waals surface area contributed by atoms with Gasteiger partial charge in [0.05, 0.1) is 12.7 Å². The Morgan fingerprint density at radius 3 is 3.27 bits per heavy atom. The van der Waals surface area contributed by atoms with Crippen molar-refractivity contribution in [2.24, 2.45) is 0 Å². The molecule has 0 aromatic carbocycles. The molecule has 0 bridgehead atoms. The fraction of sp³-hybridized carbons (Fsp3) is 0.500. The second-order valence-electron chi connectivity index (χ2n) is 3.45. The van der Waals surface area contributed by atoms with E-state index in [9.17, 15) is 0 Å². The molecule has 2 rings (SSSR count). The summed E-state index contributed by atoms with van der Waals surface area (Å²) < 4.78 is 6.42. The quantitative estimate of drug-likeness (QED) is 0.837. The molecule has 1 saturated heterocycles. The van der Waals surface area contributed by atoms with E-state index in [0.29, 0.717) is 13.2 Å². The zero-order chi connectivity index (χ0) is 10.7. The van der Waals surface area contributed by atoms with E-state index in [4.69, 9.17) is 10.00 Å². The first-order chi connectivity index (χ1) is 7.28. The van der Waals surface area contributed by atoms with Crippen LogP contribution in [0.15, 0.2) is 15.9 Å². The second kappa shape index (κ2) is 5.08. The molecule has 2 heterocycles. The average molecular weight is 287 g/mol. The van der Waals surface area contributed by atoms with Gasteiger partial charge >= 0.3 is 0 Å². The molecule has 1 unspecified atom stereocenters. The Kier molecular flexibility index (Phi) is 3.76. The molecule has 0 saturated carbocycles. The number of morpholine rings is 1. The third kappa shape index (κ3) is 3.02. The smallest absolute Gasteiger partial charge is 0.156 e. The SMILES string of the molecule is N#CC1CN(Cc2cc(Br)cs2)CCO1. The van der Waals surface area contributed by atoms with E-state index in [2.05, 4.69) is 38.3 Å². The van der Waals surface area contributed by atoms with Crippen molar-refractivity contribution in [3.63, 3.8) is 0 Å². The molecule has 5 heteroatoms. The van der Waals surface area contributed by atoms with Crippen LogP contribution < -0.4 is 0 Å². The minimum absolute atomic E-state index is 0.262. The summed E-state index contributed by atoms with van der Waals surface area (Å²) in [4.78, 5) is 3.58. The molecule has 0 amide bonds. The number of hydrogen-bond acceptors (Lipinski definition) is 4. The van der Waals surface area contributed by atoms with Crippen molar-refractivity contribution < 1.29 is 4.74 Å². The Balaban J connectivity index is 1.92. The molecule has 1 atom stereocenters. The Labute approximate surface area is 101 Å². The molecular formula is C10H11BrN2OS. The number of rotatable bonds is 2. The van der Waals surface area contributed by atoms with Gasteiger partial charge in [0, 0.05) is 34.4 Å². The highest BCUT2D eigenvalue weighted by Gasteiger charge is 2.20. The van der Waals surface area contributed by atoms with E-state index in [1.54, 1.807) is 11.3 Å². The van der Waals surface area contributed by atoms with Crippen molar-refractivity contribution in [3.8, 4) is 6.07 Å². The fourth-order valence-electron chi connectivity index (χ4n) is 1.58. The number of ether oxygens (including phenoxy) is 1. The molecule has 1 aliphatic heterocycles. The second-order valence-corrected chi connectivity index (χ2v) is 5.37. The van der Waals surface area contributed by atoms with Gasteiger partial charge in [0.25, 0.3) is 0 Å². The number of halogens is 1. The van der Waals surface area contributed by atoms with Gasteiger partial charge in [-0.1, -0.05) is 0 Å². The number of nitriles is 1. The topological polar surface area (TPSA) is 36.3 Å². The van der Waals surface area contributed by atoms with Crippen LogP contribution in [0, 0.1) is 11.3 Å². The Bertz CT molecular complexity index is 374. The molecule has 1 aliphatic rings. The lowest BCUT2D eigenvalue weighted by Crippen LogP contribution is -2.41. The van der Waals surface area contributed by atoms with Crippen LogP contribution in [-0.2, 0) is 11.3 Å². The minimum Gasteiger partial charge on any atom is -0.361 e. The van der Waals surface area contributed by atoms with Gasteiger partial charge in [-0.05, 0) is 22.0 Å². The summed E-state index contributed by atoms with van der Waals surface area (Å²) in [5.41, 5.74) is 0.